The molecule has 0 aliphatic heterocycles. The summed E-state index contributed by atoms with van der Waals surface area (Å²) in [6.45, 7) is 19.2. The standard InChI is InChI=1S/C10H23N.5C2H4O2/c1-6-10(5,7-2)11(8-3)9-4;5*1-2(3)4/h6-9H2,1-5H3;5*1H3,(H,3,4). The smallest absolute Gasteiger partial charge is 0.300 e. The van der Waals surface area contributed by atoms with Gasteiger partial charge in [0.1, 0.15) is 0 Å². The van der Waals surface area contributed by atoms with Crippen LogP contribution in [0.4, 0.5) is 0 Å². The third kappa shape index (κ3) is 98.8. The molecular formula is C20H43NO10. The van der Waals surface area contributed by atoms with E-state index in [9.17, 15) is 0 Å². The highest BCUT2D eigenvalue weighted by Gasteiger charge is 2.24. The zero-order chi connectivity index (χ0) is 26.8. The molecule has 0 fully saturated rings. The van der Waals surface area contributed by atoms with Gasteiger partial charge in [0, 0.05) is 40.2 Å². The molecule has 11 nitrogen and oxygen atoms in total. The number of aliphatic carboxylic acids is 5. The highest BCUT2D eigenvalue weighted by atomic mass is 16.4. The van der Waals surface area contributed by atoms with E-state index in [0.717, 1.165) is 34.6 Å². The molecular weight excluding hydrogens is 414 g/mol. The summed E-state index contributed by atoms with van der Waals surface area (Å²) in [5.41, 5.74) is 0.434. The van der Waals surface area contributed by atoms with E-state index in [-0.39, 0.29) is 0 Å². The van der Waals surface area contributed by atoms with Gasteiger partial charge in [0.05, 0.1) is 0 Å². The van der Waals surface area contributed by atoms with Gasteiger partial charge < -0.3 is 25.5 Å². The molecule has 0 bridgehead atoms. The average Bonchev–Trinajstić information content (AvgIpc) is 2.53. The second-order valence-corrected chi connectivity index (χ2v) is 5.97. The molecule has 0 aromatic heterocycles. The molecule has 0 unspecified atom stereocenters. The highest BCUT2D eigenvalue weighted by Crippen LogP contribution is 2.22. The Bertz CT molecular complexity index is 381. The zero-order valence-corrected chi connectivity index (χ0v) is 20.6. The molecule has 0 heterocycles. The first-order valence-corrected chi connectivity index (χ1v) is 9.53. The maximum Gasteiger partial charge on any atom is 0.300 e. The molecule has 0 rings (SSSR count). The van der Waals surface area contributed by atoms with Gasteiger partial charge in [-0.3, -0.25) is 28.9 Å². The minimum absolute atomic E-state index is 0.434. The van der Waals surface area contributed by atoms with E-state index in [1.807, 2.05) is 0 Å². The first kappa shape index (κ1) is 42.4. The second kappa shape index (κ2) is 29.5. The molecule has 0 atom stereocenters. The Morgan fingerprint density at radius 2 is 0.677 bits per heavy atom. The predicted octanol–water partition coefficient (Wildman–Crippen LogP) is 3.36. The van der Waals surface area contributed by atoms with Crippen molar-refractivity contribution < 1.29 is 49.5 Å². The van der Waals surface area contributed by atoms with Crippen molar-refractivity contribution in [3.63, 3.8) is 0 Å². The van der Waals surface area contributed by atoms with Crippen LogP contribution in [0.15, 0.2) is 0 Å². The third-order valence-electron chi connectivity index (χ3n) is 3.05. The van der Waals surface area contributed by atoms with Gasteiger partial charge >= 0.3 is 0 Å². The van der Waals surface area contributed by atoms with Crippen molar-refractivity contribution in [2.24, 2.45) is 0 Å². The molecule has 0 saturated carbocycles. The molecule has 0 amide bonds. The molecule has 188 valence electrons. The highest BCUT2D eigenvalue weighted by molar-refractivity contribution is 5.63. The predicted molar refractivity (Wildman–Crippen MR) is 118 cm³/mol. The Morgan fingerprint density at radius 3 is 0.710 bits per heavy atom. The van der Waals surface area contributed by atoms with Crippen LogP contribution in [0.1, 0.15) is 82.1 Å². The van der Waals surface area contributed by atoms with Gasteiger partial charge in [-0.05, 0) is 32.9 Å². The molecule has 0 aromatic carbocycles. The summed E-state index contributed by atoms with van der Waals surface area (Å²) in [5.74, 6) is -4.17. The average molecular weight is 458 g/mol. The van der Waals surface area contributed by atoms with Gasteiger partial charge in [0.2, 0.25) is 0 Å². The monoisotopic (exact) mass is 457 g/mol. The Kier molecular flexibility index (Phi) is 40.4. The van der Waals surface area contributed by atoms with Crippen molar-refractivity contribution in [1.29, 1.82) is 0 Å². The van der Waals surface area contributed by atoms with E-state index >= 15 is 0 Å². The van der Waals surface area contributed by atoms with Gasteiger partial charge in [0.15, 0.2) is 0 Å². The number of nitrogens with zero attached hydrogens (tertiary/aromatic N) is 1. The molecule has 0 saturated heterocycles. The van der Waals surface area contributed by atoms with Crippen molar-refractivity contribution in [3.05, 3.63) is 0 Å². The summed E-state index contributed by atoms with van der Waals surface area (Å²) >= 11 is 0. The summed E-state index contributed by atoms with van der Waals surface area (Å²) in [5, 5.41) is 37.1. The summed E-state index contributed by atoms with van der Waals surface area (Å²) in [6, 6.07) is 0. The normalized spacial score (nSPS) is 8.48. The largest absolute Gasteiger partial charge is 0.481 e. The summed E-state index contributed by atoms with van der Waals surface area (Å²) in [4.78, 5) is 47.5. The van der Waals surface area contributed by atoms with Crippen molar-refractivity contribution in [2.75, 3.05) is 13.1 Å². The number of carbonyl (C=O) groups is 5. The fourth-order valence-electron chi connectivity index (χ4n) is 1.68. The van der Waals surface area contributed by atoms with Gasteiger partial charge in [0.25, 0.3) is 29.8 Å². The van der Waals surface area contributed by atoms with E-state index in [4.69, 9.17) is 49.5 Å². The van der Waals surface area contributed by atoms with Gasteiger partial charge in [-0.1, -0.05) is 27.7 Å². The Balaban J connectivity index is -0.0000000660. The molecule has 5 N–H and O–H groups in total. The lowest BCUT2D eigenvalue weighted by atomic mass is 9.93. The summed E-state index contributed by atoms with van der Waals surface area (Å²) in [7, 11) is 0. The van der Waals surface area contributed by atoms with E-state index in [0.29, 0.717) is 5.54 Å². The number of carboxylic acid groups (broad SMARTS) is 5. The van der Waals surface area contributed by atoms with Crippen LogP contribution in [0.2, 0.25) is 0 Å². The fraction of sp³-hybridized carbons (Fsp3) is 0.750. The van der Waals surface area contributed by atoms with Crippen LogP contribution in [0.5, 0.6) is 0 Å². The van der Waals surface area contributed by atoms with Crippen LogP contribution in [-0.4, -0.2) is 78.9 Å². The second-order valence-electron chi connectivity index (χ2n) is 5.97. The van der Waals surface area contributed by atoms with Crippen LogP contribution in [0.25, 0.3) is 0 Å². The number of carboxylic acids is 5. The third-order valence-corrected chi connectivity index (χ3v) is 3.05. The minimum atomic E-state index is -0.833. The SMILES string of the molecule is CC(=O)O.CC(=O)O.CC(=O)O.CC(=O)O.CC(=O)O.CCN(CC)C(C)(CC)CC. The van der Waals surface area contributed by atoms with Gasteiger partial charge in [-0.2, -0.15) is 0 Å². The summed E-state index contributed by atoms with van der Waals surface area (Å²) in [6.07, 6.45) is 2.51. The summed E-state index contributed by atoms with van der Waals surface area (Å²) < 4.78 is 0. The van der Waals surface area contributed by atoms with E-state index in [1.165, 1.54) is 25.9 Å². The lowest BCUT2D eigenvalue weighted by molar-refractivity contribution is -0.135. The van der Waals surface area contributed by atoms with E-state index in [2.05, 4.69) is 39.5 Å². The number of rotatable bonds is 5. The lowest BCUT2D eigenvalue weighted by Crippen LogP contribution is -2.45. The topological polar surface area (TPSA) is 190 Å². The number of hydrogen-bond donors (Lipinski definition) is 5. The van der Waals surface area contributed by atoms with Crippen LogP contribution in [0, 0.1) is 0 Å². The molecule has 0 aliphatic carbocycles. The quantitative estimate of drug-likeness (QED) is 0.407. The fourth-order valence-corrected chi connectivity index (χ4v) is 1.68. The van der Waals surface area contributed by atoms with Crippen molar-refractivity contribution in [1.82, 2.24) is 4.90 Å². The maximum absolute atomic E-state index is 9.00. The lowest BCUT2D eigenvalue weighted by Gasteiger charge is -2.39. The van der Waals surface area contributed by atoms with Crippen LogP contribution in [0.3, 0.4) is 0 Å². The minimum Gasteiger partial charge on any atom is -0.481 e. The maximum atomic E-state index is 9.00. The molecule has 0 aromatic rings. The Morgan fingerprint density at radius 1 is 0.548 bits per heavy atom. The molecule has 31 heavy (non-hydrogen) atoms. The molecule has 11 heteroatoms. The van der Waals surface area contributed by atoms with Crippen LogP contribution >= 0.6 is 0 Å². The molecule has 0 aliphatic rings. The van der Waals surface area contributed by atoms with Crippen LogP contribution in [-0.2, 0) is 24.0 Å². The number of hydrogen-bond acceptors (Lipinski definition) is 6. The van der Waals surface area contributed by atoms with E-state index < -0.39 is 29.8 Å². The van der Waals surface area contributed by atoms with Gasteiger partial charge in [-0.25, -0.2) is 0 Å². The Labute approximate surface area is 185 Å². The van der Waals surface area contributed by atoms with Gasteiger partial charge in [-0.15, -0.1) is 0 Å². The zero-order valence-electron chi connectivity index (χ0n) is 20.6. The van der Waals surface area contributed by atoms with Crippen molar-refractivity contribution in [2.45, 2.75) is 87.6 Å². The van der Waals surface area contributed by atoms with Crippen LogP contribution < -0.4 is 0 Å². The molecule has 0 spiro atoms. The first-order valence-electron chi connectivity index (χ1n) is 9.53. The van der Waals surface area contributed by atoms with E-state index in [1.54, 1.807) is 0 Å². The molecule has 0 radical (unpaired) electrons. The Hall–Kier alpha value is -2.69. The first-order chi connectivity index (χ1) is 13.8. The van der Waals surface area contributed by atoms with Crippen molar-refractivity contribution in [3.8, 4) is 0 Å². The van der Waals surface area contributed by atoms with Crippen molar-refractivity contribution >= 4 is 29.8 Å².